The fourth-order valence-electron chi connectivity index (χ4n) is 2.83. The lowest BCUT2D eigenvalue weighted by molar-refractivity contribution is 0.102. The van der Waals surface area contributed by atoms with Crippen molar-refractivity contribution < 1.29 is 22.0 Å². The molecule has 0 aromatic heterocycles. The van der Waals surface area contributed by atoms with Gasteiger partial charge in [-0.15, -0.1) is 0 Å². The average molecular weight is 366 g/mol. The van der Waals surface area contributed by atoms with E-state index < -0.39 is 27.6 Å². The van der Waals surface area contributed by atoms with E-state index in [4.69, 9.17) is 0 Å². The van der Waals surface area contributed by atoms with Crippen molar-refractivity contribution in [2.24, 2.45) is 0 Å². The van der Waals surface area contributed by atoms with Crippen molar-refractivity contribution >= 4 is 27.3 Å². The van der Waals surface area contributed by atoms with Gasteiger partial charge in [-0.05, 0) is 54.8 Å². The largest absolute Gasteiger partial charge is 0.322 e. The second kappa shape index (κ2) is 6.44. The molecule has 0 aliphatic carbocycles. The molecule has 132 valence electrons. The minimum absolute atomic E-state index is 0.00520. The van der Waals surface area contributed by atoms with Gasteiger partial charge in [-0.25, -0.2) is 17.2 Å². The highest BCUT2D eigenvalue weighted by molar-refractivity contribution is 7.92. The molecule has 0 saturated carbocycles. The molecular weight excluding hydrogens is 350 g/mol. The van der Waals surface area contributed by atoms with Crippen LogP contribution in [0.1, 0.15) is 22.3 Å². The third kappa shape index (κ3) is 3.63. The van der Waals surface area contributed by atoms with Crippen LogP contribution in [0.5, 0.6) is 0 Å². The topological polar surface area (TPSA) is 66.5 Å². The van der Waals surface area contributed by atoms with Crippen LogP contribution in [0.2, 0.25) is 0 Å². The van der Waals surface area contributed by atoms with Gasteiger partial charge in [0, 0.05) is 17.8 Å². The van der Waals surface area contributed by atoms with Gasteiger partial charge >= 0.3 is 0 Å². The highest BCUT2D eigenvalue weighted by Crippen LogP contribution is 2.31. The number of aryl methyl sites for hydroxylation is 1. The summed E-state index contributed by atoms with van der Waals surface area (Å²) in [6.07, 6.45) is 2.53. The van der Waals surface area contributed by atoms with Crippen LogP contribution in [-0.2, 0) is 16.4 Å². The molecule has 0 spiro atoms. The zero-order valence-electron chi connectivity index (χ0n) is 13.4. The van der Waals surface area contributed by atoms with E-state index in [0.717, 1.165) is 24.0 Å². The molecule has 5 nitrogen and oxygen atoms in total. The minimum atomic E-state index is -3.36. The third-order valence-electron chi connectivity index (χ3n) is 4.00. The Labute approximate surface area is 144 Å². The number of carbonyl (C=O) groups is 1. The van der Waals surface area contributed by atoms with Crippen LogP contribution in [0, 0.1) is 11.6 Å². The normalized spacial score (nSPS) is 14.1. The summed E-state index contributed by atoms with van der Waals surface area (Å²) in [5, 5.41) is 2.61. The Morgan fingerprint density at radius 3 is 2.56 bits per heavy atom. The third-order valence-corrected chi connectivity index (χ3v) is 5.18. The molecular formula is C17H16F2N2O3S. The molecule has 3 rings (SSSR count). The van der Waals surface area contributed by atoms with Crippen molar-refractivity contribution in [2.45, 2.75) is 12.8 Å². The number of hydrogen-bond acceptors (Lipinski definition) is 3. The molecule has 25 heavy (non-hydrogen) atoms. The molecule has 1 heterocycles. The number of carbonyl (C=O) groups excluding carboxylic acids is 1. The Balaban J connectivity index is 1.85. The standard InChI is InChI=1S/C17H16F2N2O3S/c1-25(23,24)21-8-2-3-11-9-13(5-7-16(11)21)20-17(22)12-4-6-14(18)15(19)10-12/h4-7,9-10H,2-3,8H2,1H3,(H,20,22). The molecule has 1 aliphatic rings. The molecule has 0 atom stereocenters. The van der Waals surface area contributed by atoms with Gasteiger partial charge in [0.2, 0.25) is 10.0 Å². The zero-order chi connectivity index (χ0) is 18.2. The lowest BCUT2D eigenvalue weighted by Crippen LogP contribution is -2.34. The monoisotopic (exact) mass is 366 g/mol. The maximum absolute atomic E-state index is 13.2. The van der Waals surface area contributed by atoms with Gasteiger partial charge in [0.25, 0.3) is 5.91 Å². The van der Waals surface area contributed by atoms with E-state index in [1.807, 2.05) is 0 Å². The van der Waals surface area contributed by atoms with E-state index >= 15 is 0 Å². The van der Waals surface area contributed by atoms with Crippen molar-refractivity contribution in [1.29, 1.82) is 0 Å². The maximum atomic E-state index is 13.2. The second-order valence-electron chi connectivity index (χ2n) is 5.87. The molecule has 2 aromatic carbocycles. The van der Waals surface area contributed by atoms with Crippen LogP contribution >= 0.6 is 0 Å². The van der Waals surface area contributed by atoms with Crippen molar-refractivity contribution in [2.75, 3.05) is 22.4 Å². The quantitative estimate of drug-likeness (QED) is 0.908. The first-order valence-electron chi connectivity index (χ1n) is 7.63. The summed E-state index contributed by atoms with van der Waals surface area (Å²) in [6.45, 7) is 0.423. The number of halogens is 2. The van der Waals surface area contributed by atoms with Gasteiger partial charge in [-0.2, -0.15) is 0 Å². The first-order chi connectivity index (χ1) is 11.8. The molecule has 1 aliphatic heterocycles. The summed E-state index contributed by atoms with van der Waals surface area (Å²) in [4.78, 5) is 12.2. The number of sulfonamides is 1. The van der Waals surface area contributed by atoms with Gasteiger partial charge in [-0.3, -0.25) is 9.10 Å². The molecule has 0 saturated heterocycles. The fraction of sp³-hybridized carbons (Fsp3) is 0.235. The van der Waals surface area contributed by atoms with E-state index in [0.29, 0.717) is 30.8 Å². The molecule has 0 unspecified atom stereocenters. The summed E-state index contributed by atoms with van der Waals surface area (Å²) in [5.41, 5.74) is 1.86. The maximum Gasteiger partial charge on any atom is 0.255 e. The molecule has 8 heteroatoms. The molecule has 1 N–H and O–H groups in total. The average Bonchev–Trinajstić information content (AvgIpc) is 2.55. The van der Waals surface area contributed by atoms with Crippen LogP contribution in [0.25, 0.3) is 0 Å². The Bertz CT molecular complexity index is 945. The zero-order valence-corrected chi connectivity index (χ0v) is 14.2. The molecule has 1 amide bonds. The number of nitrogens with zero attached hydrogens (tertiary/aromatic N) is 1. The number of amides is 1. The second-order valence-corrected chi connectivity index (χ2v) is 7.77. The summed E-state index contributed by atoms with van der Waals surface area (Å²) in [5.74, 6) is -2.69. The molecule has 0 bridgehead atoms. The Morgan fingerprint density at radius 2 is 1.88 bits per heavy atom. The number of rotatable bonds is 3. The van der Waals surface area contributed by atoms with Crippen molar-refractivity contribution in [1.82, 2.24) is 0 Å². The van der Waals surface area contributed by atoms with Gasteiger partial charge in [0.15, 0.2) is 11.6 Å². The van der Waals surface area contributed by atoms with Crippen LogP contribution in [-0.4, -0.2) is 27.1 Å². The lowest BCUT2D eigenvalue weighted by Gasteiger charge is -2.29. The summed E-state index contributed by atoms with van der Waals surface area (Å²) in [7, 11) is -3.36. The van der Waals surface area contributed by atoms with Crippen LogP contribution in [0.15, 0.2) is 36.4 Å². The summed E-state index contributed by atoms with van der Waals surface area (Å²) < 4.78 is 51.2. The molecule has 0 fully saturated rings. The van der Waals surface area contributed by atoms with Gasteiger partial charge in [0.05, 0.1) is 11.9 Å². The van der Waals surface area contributed by atoms with Crippen LogP contribution in [0.3, 0.4) is 0 Å². The number of nitrogens with one attached hydrogen (secondary N) is 1. The number of hydrogen-bond donors (Lipinski definition) is 1. The van der Waals surface area contributed by atoms with Gasteiger partial charge in [0.1, 0.15) is 0 Å². The number of benzene rings is 2. The van der Waals surface area contributed by atoms with E-state index in [1.54, 1.807) is 18.2 Å². The van der Waals surface area contributed by atoms with E-state index in [2.05, 4.69) is 5.32 Å². The molecule has 0 radical (unpaired) electrons. The smallest absolute Gasteiger partial charge is 0.255 e. The SMILES string of the molecule is CS(=O)(=O)N1CCCc2cc(NC(=O)c3ccc(F)c(F)c3)ccc21. The van der Waals surface area contributed by atoms with E-state index in [1.165, 1.54) is 10.4 Å². The van der Waals surface area contributed by atoms with Gasteiger partial charge < -0.3 is 5.32 Å². The predicted molar refractivity (Wildman–Crippen MR) is 91.3 cm³/mol. The minimum Gasteiger partial charge on any atom is -0.322 e. The number of anilines is 2. The van der Waals surface area contributed by atoms with E-state index in [9.17, 15) is 22.0 Å². The van der Waals surface area contributed by atoms with Crippen molar-refractivity contribution in [3.05, 3.63) is 59.2 Å². The van der Waals surface area contributed by atoms with Crippen molar-refractivity contribution in [3.63, 3.8) is 0 Å². The first kappa shape index (κ1) is 17.3. The Morgan fingerprint density at radius 1 is 1.12 bits per heavy atom. The molecule has 2 aromatic rings. The summed E-state index contributed by atoms with van der Waals surface area (Å²) >= 11 is 0. The number of fused-ring (bicyclic) bond motifs is 1. The summed E-state index contributed by atoms with van der Waals surface area (Å²) in [6, 6.07) is 7.83. The van der Waals surface area contributed by atoms with Crippen molar-refractivity contribution in [3.8, 4) is 0 Å². The highest BCUT2D eigenvalue weighted by Gasteiger charge is 2.24. The lowest BCUT2D eigenvalue weighted by atomic mass is 10.0. The Kier molecular flexibility index (Phi) is 4.47. The Hall–Kier alpha value is -2.48. The van der Waals surface area contributed by atoms with Crippen LogP contribution in [0.4, 0.5) is 20.2 Å². The van der Waals surface area contributed by atoms with E-state index in [-0.39, 0.29) is 5.56 Å². The van der Waals surface area contributed by atoms with Gasteiger partial charge in [-0.1, -0.05) is 0 Å². The first-order valence-corrected chi connectivity index (χ1v) is 9.47. The predicted octanol–water partition coefficient (Wildman–Crippen LogP) is 2.93. The fourth-order valence-corrected chi connectivity index (χ4v) is 3.82. The van der Waals surface area contributed by atoms with Crippen LogP contribution < -0.4 is 9.62 Å². The highest BCUT2D eigenvalue weighted by atomic mass is 32.2.